The molecule has 8 nitrogen and oxygen atoms in total. The fourth-order valence-corrected chi connectivity index (χ4v) is 2.53. The van der Waals surface area contributed by atoms with Crippen molar-refractivity contribution in [3.63, 3.8) is 0 Å². The lowest BCUT2D eigenvalue weighted by Gasteiger charge is -2.10. The van der Waals surface area contributed by atoms with Crippen molar-refractivity contribution in [3.8, 4) is 11.4 Å². The van der Waals surface area contributed by atoms with Gasteiger partial charge < -0.3 is 14.8 Å². The number of benzene rings is 1. The summed E-state index contributed by atoms with van der Waals surface area (Å²) >= 11 is 0. The predicted octanol–water partition coefficient (Wildman–Crippen LogP) is 1.42. The molecule has 1 atom stereocenters. The highest BCUT2D eigenvalue weighted by atomic mass is 16.5. The van der Waals surface area contributed by atoms with E-state index in [9.17, 15) is 0 Å². The number of nitrogens with zero attached hydrogens (tertiary/aromatic N) is 5. The Morgan fingerprint density at radius 1 is 1.30 bits per heavy atom. The van der Waals surface area contributed by atoms with E-state index in [1.54, 1.807) is 18.0 Å². The second-order valence-electron chi connectivity index (χ2n) is 5.31. The zero-order valence-electron chi connectivity index (χ0n) is 12.6. The standard InChI is InChI=1S/C15H16N6O2/c1-22-12-4-2-11(3-5-12)21-14-13(19-20-21)8-16-15(18-14)17-10-6-7-23-9-10/h2-5,8,10H,6-7,9H2,1H3,(H,16,17,18). The molecule has 0 saturated carbocycles. The predicted molar refractivity (Wildman–Crippen MR) is 83.9 cm³/mol. The van der Waals surface area contributed by atoms with Crippen LogP contribution in [0.25, 0.3) is 16.9 Å². The van der Waals surface area contributed by atoms with E-state index in [-0.39, 0.29) is 6.04 Å². The van der Waals surface area contributed by atoms with E-state index >= 15 is 0 Å². The van der Waals surface area contributed by atoms with Crippen molar-refractivity contribution in [2.24, 2.45) is 0 Å². The summed E-state index contributed by atoms with van der Waals surface area (Å²) in [6.45, 7) is 1.45. The highest BCUT2D eigenvalue weighted by Crippen LogP contribution is 2.19. The third-order valence-electron chi connectivity index (χ3n) is 3.77. The molecule has 2 aromatic heterocycles. The summed E-state index contributed by atoms with van der Waals surface area (Å²) in [5, 5.41) is 11.6. The van der Waals surface area contributed by atoms with Gasteiger partial charge in [-0.3, -0.25) is 0 Å². The van der Waals surface area contributed by atoms with Crippen LogP contribution in [0.1, 0.15) is 6.42 Å². The van der Waals surface area contributed by atoms with Crippen molar-refractivity contribution in [1.82, 2.24) is 25.0 Å². The highest BCUT2D eigenvalue weighted by molar-refractivity contribution is 5.72. The molecule has 1 saturated heterocycles. The van der Waals surface area contributed by atoms with E-state index in [2.05, 4.69) is 25.6 Å². The van der Waals surface area contributed by atoms with Crippen LogP contribution in [0.4, 0.5) is 5.95 Å². The lowest BCUT2D eigenvalue weighted by Crippen LogP contribution is -2.20. The van der Waals surface area contributed by atoms with E-state index in [0.29, 0.717) is 23.7 Å². The van der Waals surface area contributed by atoms with Crippen molar-refractivity contribution < 1.29 is 9.47 Å². The Hall–Kier alpha value is -2.74. The molecule has 1 aromatic carbocycles. The number of methoxy groups -OCH3 is 1. The molecule has 23 heavy (non-hydrogen) atoms. The van der Waals surface area contributed by atoms with Crippen LogP contribution >= 0.6 is 0 Å². The molecule has 8 heteroatoms. The smallest absolute Gasteiger partial charge is 0.225 e. The van der Waals surface area contributed by atoms with Gasteiger partial charge in [-0.05, 0) is 30.7 Å². The normalized spacial score (nSPS) is 17.5. The lowest BCUT2D eigenvalue weighted by atomic mass is 10.3. The van der Waals surface area contributed by atoms with Crippen LogP contribution in [0.15, 0.2) is 30.5 Å². The van der Waals surface area contributed by atoms with Crippen molar-refractivity contribution in [2.75, 3.05) is 25.6 Å². The Balaban J connectivity index is 1.68. The van der Waals surface area contributed by atoms with Crippen molar-refractivity contribution in [2.45, 2.75) is 12.5 Å². The Kier molecular flexibility index (Phi) is 3.51. The molecule has 3 aromatic rings. The van der Waals surface area contributed by atoms with Gasteiger partial charge in [0.25, 0.3) is 0 Å². The van der Waals surface area contributed by atoms with Crippen molar-refractivity contribution in [1.29, 1.82) is 0 Å². The molecular formula is C15H16N6O2. The average molecular weight is 312 g/mol. The Labute approximate surface area is 132 Å². The largest absolute Gasteiger partial charge is 0.497 e. The van der Waals surface area contributed by atoms with Gasteiger partial charge in [-0.15, -0.1) is 5.10 Å². The fraction of sp³-hybridized carbons (Fsp3) is 0.333. The first-order chi connectivity index (χ1) is 11.3. The van der Waals surface area contributed by atoms with E-state index in [1.165, 1.54) is 0 Å². The van der Waals surface area contributed by atoms with Crippen LogP contribution in [0.2, 0.25) is 0 Å². The summed E-state index contributed by atoms with van der Waals surface area (Å²) in [5.74, 6) is 1.35. The molecule has 1 aliphatic rings. The monoisotopic (exact) mass is 312 g/mol. The number of fused-ring (bicyclic) bond motifs is 1. The molecule has 0 aliphatic carbocycles. The molecule has 1 N–H and O–H groups in total. The maximum Gasteiger partial charge on any atom is 0.225 e. The van der Waals surface area contributed by atoms with Crippen LogP contribution in [0, 0.1) is 0 Å². The maximum atomic E-state index is 5.36. The zero-order chi connectivity index (χ0) is 15.6. The van der Waals surface area contributed by atoms with Gasteiger partial charge in [0, 0.05) is 6.61 Å². The van der Waals surface area contributed by atoms with Gasteiger partial charge in [0.2, 0.25) is 5.95 Å². The van der Waals surface area contributed by atoms with Gasteiger partial charge in [0.15, 0.2) is 11.2 Å². The maximum absolute atomic E-state index is 5.36. The van der Waals surface area contributed by atoms with Gasteiger partial charge in [-0.1, -0.05) is 5.21 Å². The first kappa shape index (κ1) is 13.9. The summed E-state index contributed by atoms with van der Waals surface area (Å²) in [7, 11) is 1.64. The summed E-state index contributed by atoms with van der Waals surface area (Å²) in [6.07, 6.45) is 2.63. The minimum atomic E-state index is 0.248. The van der Waals surface area contributed by atoms with Gasteiger partial charge in [-0.2, -0.15) is 9.67 Å². The van der Waals surface area contributed by atoms with Gasteiger partial charge in [0.05, 0.1) is 31.6 Å². The summed E-state index contributed by atoms with van der Waals surface area (Å²) < 4.78 is 12.2. The molecule has 0 amide bonds. The van der Waals surface area contributed by atoms with Crippen molar-refractivity contribution >= 4 is 17.1 Å². The first-order valence-electron chi connectivity index (χ1n) is 7.40. The van der Waals surface area contributed by atoms with Crippen LogP contribution in [0.5, 0.6) is 5.75 Å². The number of anilines is 1. The van der Waals surface area contributed by atoms with Gasteiger partial charge in [0.1, 0.15) is 5.75 Å². The number of nitrogens with one attached hydrogen (secondary N) is 1. The Morgan fingerprint density at radius 2 is 2.17 bits per heavy atom. The second kappa shape index (κ2) is 5.81. The molecule has 0 spiro atoms. The van der Waals surface area contributed by atoms with Gasteiger partial charge in [-0.25, -0.2) is 4.98 Å². The Bertz CT molecular complexity index is 810. The van der Waals surface area contributed by atoms with E-state index in [0.717, 1.165) is 24.5 Å². The Morgan fingerprint density at radius 3 is 2.91 bits per heavy atom. The quantitative estimate of drug-likeness (QED) is 0.779. The minimum Gasteiger partial charge on any atom is -0.497 e. The molecular weight excluding hydrogens is 296 g/mol. The minimum absolute atomic E-state index is 0.248. The summed E-state index contributed by atoms with van der Waals surface area (Å²) in [6, 6.07) is 7.82. The fourth-order valence-electron chi connectivity index (χ4n) is 2.53. The molecule has 3 heterocycles. The number of ether oxygens (including phenoxy) is 2. The SMILES string of the molecule is COc1ccc(-n2nnc3cnc(NC4CCOC4)nc32)cc1. The molecule has 1 fully saturated rings. The summed E-state index contributed by atoms with van der Waals surface area (Å²) in [4.78, 5) is 8.84. The zero-order valence-corrected chi connectivity index (χ0v) is 12.6. The summed E-state index contributed by atoms with van der Waals surface area (Å²) in [5.41, 5.74) is 2.17. The number of rotatable bonds is 4. The molecule has 118 valence electrons. The van der Waals surface area contributed by atoms with Crippen LogP contribution < -0.4 is 10.1 Å². The highest BCUT2D eigenvalue weighted by Gasteiger charge is 2.17. The molecule has 0 bridgehead atoms. The lowest BCUT2D eigenvalue weighted by molar-refractivity contribution is 0.195. The third kappa shape index (κ3) is 2.68. The first-order valence-corrected chi connectivity index (χ1v) is 7.40. The van der Waals surface area contributed by atoms with Gasteiger partial charge >= 0.3 is 0 Å². The molecule has 4 rings (SSSR count). The van der Waals surface area contributed by atoms with E-state index in [1.807, 2.05) is 24.3 Å². The van der Waals surface area contributed by atoms with Crippen LogP contribution in [0.3, 0.4) is 0 Å². The van der Waals surface area contributed by atoms with Crippen LogP contribution in [-0.4, -0.2) is 51.3 Å². The number of hydrogen-bond acceptors (Lipinski definition) is 7. The second-order valence-corrected chi connectivity index (χ2v) is 5.31. The average Bonchev–Trinajstić information content (AvgIpc) is 3.24. The molecule has 1 aliphatic heterocycles. The van der Waals surface area contributed by atoms with Crippen molar-refractivity contribution in [3.05, 3.63) is 30.5 Å². The number of aromatic nitrogens is 5. The van der Waals surface area contributed by atoms with E-state index in [4.69, 9.17) is 9.47 Å². The van der Waals surface area contributed by atoms with E-state index < -0.39 is 0 Å². The van der Waals surface area contributed by atoms with Crippen LogP contribution in [-0.2, 0) is 4.74 Å². The molecule has 0 radical (unpaired) electrons. The molecule has 1 unspecified atom stereocenters. The third-order valence-corrected chi connectivity index (χ3v) is 3.77. The number of hydrogen-bond donors (Lipinski definition) is 1. The topological polar surface area (TPSA) is 87.0 Å².